The topological polar surface area (TPSA) is 188 Å². The number of nitrogen functional groups attached to an aromatic ring is 1. The minimum absolute atomic E-state index is 0.0613. The average Bonchev–Trinajstić information content (AvgIpc) is 3.09. The van der Waals surface area contributed by atoms with Gasteiger partial charge in [0.2, 0.25) is 29.1 Å². The summed E-state index contributed by atoms with van der Waals surface area (Å²) in [6.07, 6.45) is 0.742. The second kappa shape index (κ2) is 27.4. The quantitative estimate of drug-likeness (QED) is 0.0917. The number of ether oxygens (including phenoxy) is 2. The molecule has 0 radical (unpaired) electrons. The van der Waals surface area contributed by atoms with Crippen LogP contribution >= 0.6 is 10.7 Å². The molecule has 0 atom stereocenters. The molecule has 0 bridgehead atoms. The summed E-state index contributed by atoms with van der Waals surface area (Å²) in [5.74, 6) is -8.53. The fourth-order valence-corrected chi connectivity index (χ4v) is 8.93. The van der Waals surface area contributed by atoms with Crippen molar-refractivity contribution in [3.63, 3.8) is 0 Å². The SMILES string of the molecule is CCCS(=O)(=O)Cl.CCCS(=O)(=O)N(c1ccc(F)c(C(=O)OC)c1F)S(=O)(=O)CCC.CCN(CC)CC.COC(=O)c1c(F)ccc(N)c1F.[2H]CC. The lowest BCUT2D eigenvalue weighted by Crippen LogP contribution is -2.40. The van der Waals surface area contributed by atoms with Gasteiger partial charge in [0.05, 0.1) is 37.2 Å². The van der Waals surface area contributed by atoms with Crippen LogP contribution in [-0.4, -0.2) is 93.2 Å². The van der Waals surface area contributed by atoms with E-state index in [1.165, 1.54) is 33.5 Å². The maximum Gasteiger partial charge on any atom is 0.343 e. The summed E-state index contributed by atoms with van der Waals surface area (Å²) in [6.45, 7) is 17.2. The van der Waals surface area contributed by atoms with E-state index >= 15 is 0 Å². The maximum absolute atomic E-state index is 14.7. The van der Waals surface area contributed by atoms with Crippen LogP contribution in [0.2, 0.25) is 0 Å². The molecule has 2 aromatic carbocycles. The molecule has 0 saturated heterocycles. The molecule has 0 amide bonds. The number of carbonyl (C=O) groups is 2. The van der Waals surface area contributed by atoms with E-state index in [9.17, 15) is 52.4 Å². The summed E-state index contributed by atoms with van der Waals surface area (Å²) in [5, 5.41) is 0. The predicted octanol–water partition coefficient (Wildman–Crippen LogP) is 6.71. The van der Waals surface area contributed by atoms with E-state index in [0.717, 1.165) is 26.4 Å². The Morgan fingerprint density at radius 2 is 1.06 bits per heavy atom. The summed E-state index contributed by atoms with van der Waals surface area (Å²) < 4.78 is 139. The molecule has 2 aromatic rings. The van der Waals surface area contributed by atoms with Crippen LogP contribution in [0.3, 0.4) is 0 Å². The molecule has 0 unspecified atom stereocenters. The molecule has 2 rings (SSSR count). The molecule has 21 heteroatoms. The monoisotopic (exact) mass is 860 g/mol. The minimum atomic E-state index is -4.46. The van der Waals surface area contributed by atoms with Crippen molar-refractivity contribution < 1.29 is 63.2 Å². The third-order valence-electron chi connectivity index (χ3n) is 6.39. The van der Waals surface area contributed by atoms with Gasteiger partial charge in [0.15, 0.2) is 11.6 Å². The third-order valence-corrected chi connectivity index (χ3v) is 12.4. The van der Waals surface area contributed by atoms with Gasteiger partial charge in [-0.3, -0.25) is 0 Å². The molecular weight excluding hydrogens is 806 g/mol. The standard InChI is InChI=1S/C14H19F2NO6S2.C8H7F2NO2.C6H15N.C3H7ClO2S.C2H6/c1-4-8-24(19,20)17(25(21,22)9-5-2)11-7-6-10(15)12(13(11)16)14(18)23-3;1-13-8(12)6-4(9)2-3-5(11)7(6)10;1-4-7(5-2)6-3;1-2-3-7(4,5)6;1-2/h6-7H,4-5,8-9H2,1-3H3;2-3H,11H2,1H3;4-6H2,1-3H3;2-3H2,1H3;1-2H3/i;;;;1D. The number of hydrogen-bond acceptors (Lipinski definition) is 12. The molecule has 2 N–H and O–H groups in total. The van der Waals surface area contributed by atoms with Gasteiger partial charge in [-0.15, -0.1) is 0 Å². The number of esters is 2. The molecule has 0 spiro atoms. The number of carbonyl (C=O) groups excluding carboxylic acids is 2. The smallest absolute Gasteiger partial charge is 0.343 e. The summed E-state index contributed by atoms with van der Waals surface area (Å²) >= 11 is 0. The zero-order valence-corrected chi connectivity index (χ0v) is 35.3. The predicted molar refractivity (Wildman–Crippen MR) is 205 cm³/mol. The minimum Gasteiger partial charge on any atom is -0.465 e. The largest absolute Gasteiger partial charge is 0.465 e. The van der Waals surface area contributed by atoms with Gasteiger partial charge >= 0.3 is 11.9 Å². The van der Waals surface area contributed by atoms with Gasteiger partial charge in [0, 0.05) is 12.1 Å². The van der Waals surface area contributed by atoms with Crippen molar-refractivity contribution in [2.45, 2.75) is 74.6 Å². The zero-order valence-electron chi connectivity index (χ0n) is 33.0. The van der Waals surface area contributed by atoms with Crippen LogP contribution < -0.4 is 9.44 Å². The summed E-state index contributed by atoms with van der Waals surface area (Å²) in [6, 6.07) is 3.22. The van der Waals surface area contributed by atoms with Gasteiger partial charge < -0.3 is 20.1 Å². The van der Waals surface area contributed by atoms with Crippen LogP contribution in [0.15, 0.2) is 24.3 Å². The molecule has 0 heterocycles. The first kappa shape index (κ1) is 52.9. The fourth-order valence-electron chi connectivity index (χ4n) is 3.90. The van der Waals surface area contributed by atoms with Gasteiger partial charge in [-0.2, -0.15) is 3.71 Å². The Hall–Kier alpha value is -3.20. The van der Waals surface area contributed by atoms with E-state index < -0.39 is 92.6 Å². The van der Waals surface area contributed by atoms with Crippen LogP contribution in [-0.2, 0) is 38.6 Å². The Morgan fingerprint density at radius 3 is 1.33 bits per heavy atom. The number of nitrogens with zero attached hydrogens (tertiary/aromatic N) is 2. The fraction of sp³-hybridized carbons (Fsp3) is 0.576. The van der Waals surface area contributed by atoms with E-state index in [2.05, 4.69) is 35.1 Å². The van der Waals surface area contributed by atoms with Crippen LogP contribution in [0.4, 0.5) is 28.9 Å². The normalized spacial score (nSPS) is 11.1. The number of sulfonamides is 2. The molecular formula is C33H54ClF4N3O10S3. The van der Waals surface area contributed by atoms with Crippen molar-refractivity contribution in [3.8, 4) is 0 Å². The lowest BCUT2D eigenvalue weighted by Gasteiger charge is -2.24. The van der Waals surface area contributed by atoms with Gasteiger partial charge in [-0.05, 0) is 63.2 Å². The summed E-state index contributed by atoms with van der Waals surface area (Å²) in [5.41, 5.74) is 1.98. The number of nitrogens with two attached hydrogens (primary N) is 1. The van der Waals surface area contributed by atoms with Crippen LogP contribution in [0.25, 0.3) is 0 Å². The van der Waals surface area contributed by atoms with Crippen molar-refractivity contribution >= 4 is 63.1 Å². The molecule has 0 fully saturated rings. The second-order valence-corrected chi connectivity index (χ2v) is 17.3. The first-order valence-corrected chi connectivity index (χ1v) is 22.2. The van der Waals surface area contributed by atoms with Gasteiger partial charge in [-0.1, -0.05) is 55.4 Å². The molecule has 314 valence electrons. The second-order valence-electron chi connectivity index (χ2n) is 10.3. The van der Waals surface area contributed by atoms with Gasteiger partial charge in [-0.25, -0.2) is 52.4 Å². The number of anilines is 2. The van der Waals surface area contributed by atoms with Gasteiger partial charge in [0.1, 0.15) is 28.4 Å². The van der Waals surface area contributed by atoms with E-state index in [-0.39, 0.29) is 28.0 Å². The Balaban J connectivity index is -0.000000744. The molecule has 0 aromatic heterocycles. The van der Waals surface area contributed by atoms with E-state index in [1.807, 2.05) is 0 Å². The molecule has 0 aliphatic rings. The summed E-state index contributed by atoms with van der Waals surface area (Å²) in [4.78, 5) is 24.8. The number of methoxy groups -OCH3 is 2. The number of rotatable bonds is 14. The van der Waals surface area contributed by atoms with Crippen molar-refractivity contribution in [2.24, 2.45) is 0 Å². The molecule has 54 heavy (non-hydrogen) atoms. The summed E-state index contributed by atoms with van der Waals surface area (Å²) in [7, 11) is -5.40. The van der Waals surface area contributed by atoms with Crippen LogP contribution in [0.1, 0.15) is 96.7 Å². The van der Waals surface area contributed by atoms with Crippen molar-refractivity contribution in [2.75, 3.05) is 60.6 Å². The Labute approximate surface area is 324 Å². The van der Waals surface area contributed by atoms with Crippen LogP contribution in [0.5, 0.6) is 0 Å². The first-order chi connectivity index (χ1) is 25.4. The maximum atomic E-state index is 14.7. The average molecular weight is 861 g/mol. The lowest BCUT2D eigenvalue weighted by atomic mass is 10.2. The highest BCUT2D eigenvalue weighted by Gasteiger charge is 2.37. The van der Waals surface area contributed by atoms with Crippen molar-refractivity contribution in [1.82, 2.24) is 4.90 Å². The Morgan fingerprint density at radius 1 is 0.704 bits per heavy atom. The first-order valence-electron chi connectivity index (χ1n) is 17.2. The number of hydrogen-bond donors (Lipinski definition) is 1. The van der Waals surface area contributed by atoms with E-state index in [4.69, 9.17) is 17.8 Å². The van der Waals surface area contributed by atoms with Crippen molar-refractivity contribution in [3.05, 3.63) is 58.7 Å². The molecule has 13 nitrogen and oxygen atoms in total. The Bertz CT molecular complexity index is 1760. The van der Waals surface area contributed by atoms with Crippen LogP contribution in [0, 0.1) is 23.3 Å². The highest BCUT2D eigenvalue weighted by molar-refractivity contribution is 8.13. The molecule has 0 aliphatic carbocycles. The number of halogens is 5. The zero-order chi connectivity index (χ0) is 43.7. The lowest BCUT2D eigenvalue weighted by molar-refractivity contribution is 0.0580. The number of benzene rings is 2. The van der Waals surface area contributed by atoms with E-state index in [0.29, 0.717) is 25.5 Å². The Kier molecular flexibility index (Phi) is 26.8. The van der Waals surface area contributed by atoms with E-state index in [1.54, 1.807) is 13.8 Å². The third kappa shape index (κ3) is 18.9. The highest BCUT2D eigenvalue weighted by Crippen LogP contribution is 2.30. The van der Waals surface area contributed by atoms with Crippen molar-refractivity contribution in [1.29, 1.82) is 0 Å². The highest BCUT2D eigenvalue weighted by atomic mass is 35.7. The molecule has 0 saturated carbocycles. The molecule has 0 aliphatic heterocycles. The van der Waals surface area contributed by atoms with Gasteiger partial charge in [0.25, 0.3) is 0 Å².